The maximum Gasteiger partial charge on any atom is 0.306 e. The average Bonchev–Trinajstić information content (AvgIpc) is 1.80. The molecule has 8 heteroatoms. The first-order valence-electron chi connectivity index (χ1n) is 39.8. The molecule has 0 aromatic rings. The molecule has 0 aliphatic carbocycles. The lowest BCUT2D eigenvalue weighted by molar-refractivity contribution is -0.180. The first-order chi connectivity index (χ1) is 45.6. The van der Waals surface area contributed by atoms with Gasteiger partial charge in [0.2, 0.25) is 0 Å². The minimum Gasteiger partial charge on any atom is -0.462 e. The van der Waals surface area contributed by atoms with Crippen LogP contribution in [-0.2, 0) is 28.5 Å². The van der Waals surface area contributed by atoms with Gasteiger partial charge in [0.05, 0.1) is 12.7 Å². The van der Waals surface area contributed by atoms with Crippen molar-refractivity contribution in [3.8, 4) is 0 Å². The number of unbranched alkanes of at least 4 members (excludes halogenated alkanes) is 34. The topological polar surface area (TPSA) is 77.5 Å². The van der Waals surface area contributed by atoms with Gasteiger partial charge in [0, 0.05) is 45.2 Å². The van der Waals surface area contributed by atoms with Gasteiger partial charge >= 0.3 is 11.9 Å². The van der Waals surface area contributed by atoms with Crippen molar-refractivity contribution < 1.29 is 28.5 Å². The Hall–Kier alpha value is -3.30. The lowest BCUT2D eigenvalue weighted by Crippen LogP contribution is -2.31. The van der Waals surface area contributed by atoms with E-state index < -0.39 is 0 Å². The van der Waals surface area contributed by atoms with E-state index in [1.54, 1.807) is 0 Å². The minimum absolute atomic E-state index is 0.154. The highest BCUT2D eigenvalue weighted by atomic mass is 16.7. The SMILES string of the molecule is CCCCC/C=C\C/C=C\CCCCCCCC(=O)OC[C@H](CCN(C)C)OC(=O)CCCCCCC/C=C\C/C=C\CCCCC.CCCCC/C=C\C/C=C\CCCCCCCCC1(CCCCCCCC/C=C\C/C=C\CCCCC)OCC(CCN(C)C)O1. The van der Waals surface area contributed by atoms with Crippen molar-refractivity contribution >= 4 is 11.9 Å². The molecule has 0 amide bonds. The van der Waals surface area contributed by atoms with E-state index in [0.717, 1.165) is 116 Å². The standard InChI is InChI=1S/C43H79NO2.C42H75NO4/c1-5-7-9-11-13-15-17-19-21-23-25-27-29-31-33-35-38-43(45-41-42(46-43)37-40-44(3)4)39-36-34-32-30-28-26-24-22-20-18-16-14-12-10-8-6-2;1-5-7-9-11-13-15-17-19-21-23-25-27-29-31-33-35-41(44)46-39-40(37-38-43(3)4)47-42(45)36-34-32-30-28-26-24-22-20-18-16-14-12-10-8-6-2/h13-16,19-22,42H,5-12,17-18,23-41H2,1-4H3;13-16,19-22,40H,5-12,17-18,23-39H2,1-4H3/b2*15-13-,16-14-,21-19-,22-20-/t;40-/m.0/s1. The summed E-state index contributed by atoms with van der Waals surface area (Å²) in [6, 6.07) is 0. The van der Waals surface area contributed by atoms with Crippen LogP contribution in [-0.4, -0.2) is 94.2 Å². The van der Waals surface area contributed by atoms with Crippen molar-refractivity contribution in [2.75, 3.05) is 54.5 Å². The number of carbonyl (C=O) groups excluding carboxylic acids is 2. The van der Waals surface area contributed by atoms with Crippen LogP contribution < -0.4 is 0 Å². The van der Waals surface area contributed by atoms with Gasteiger partial charge in [0.15, 0.2) is 5.79 Å². The number of hydrogen-bond donors (Lipinski definition) is 0. The summed E-state index contributed by atoms with van der Waals surface area (Å²) in [7, 11) is 8.30. The Bertz CT molecular complexity index is 1780. The van der Waals surface area contributed by atoms with Crippen LogP contribution >= 0.6 is 0 Å². The van der Waals surface area contributed by atoms with E-state index in [9.17, 15) is 9.59 Å². The normalized spacial score (nSPS) is 14.8. The predicted molar refractivity (Wildman–Crippen MR) is 407 cm³/mol. The molecule has 0 spiro atoms. The number of rotatable bonds is 67. The number of allylic oxidation sites excluding steroid dienone is 16. The summed E-state index contributed by atoms with van der Waals surface area (Å²) in [5.74, 6) is -0.680. The number of ether oxygens (including phenoxy) is 4. The van der Waals surface area contributed by atoms with E-state index in [1.807, 2.05) is 14.1 Å². The quantitative estimate of drug-likeness (QED) is 0.0339. The van der Waals surface area contributed by atoms with Crippen LogP contribution in [0.1, 0.15) is 362 Å². The molecule has 1 rings (SSSR count). The third kappa shape index (κ3) is 68.4. The molecule has 1 unspecified atom stereocenters. The Morgan fingerprint density at radius 3 is 1.02 bits per heavy atom. The van der Waals surface area contributed by atoms with E-state index in [-0.39, 0.29) is 36.5 Å². The van der Waals surface area contributed by atoms with E-state index in [1.165, 1.54) is 218 Å². The monoisotopic (exact) mass is 1300 g/mol. The predicted octanol–water partition coefficient (Wildman–Crippen LogP) is 25.5. The van der Waals surface area contributed by atoms with Gasteiger partial charge in [-0.3, -0.25) is 9.59 Å². The molecule has 0 N–H and O–H groups in total. The van der Waals surface area contributed by atoms with Gasteiger partial charge < -0.3 is 28.7 Å². The van der Waals surface area contributed by atoms with Gasteiger partial charge in [-0.25, -0.2) is 0 Å². The summed E-state index contributed by atoms with van der Waals surface area (Å²) >= 11 is 0. The molecule has 1 aliphatic heterocycles. The summed E-state index contributed by atoms with van der Waals surface area (Å²) in [6.07, 6.45) is 98.3. The Labute approximate surface area is 578 Å². The van der Waals surface area contributed by atoms with Gasteiger partial charge in [-0.2, -0.15) is 0 Å². The molecule has 540 valence electrons. The lowest BCUT2D eigenvalue weighted by atomic mass is 9.98. The number of hydrogen-bond acceptors (Lipinski definition) is 8. The third-order valence-electron chi connectivity index (χ3n) is 17.6. The summed E-state index contributed by atoms with van der Waals surface area (Å²) in [5, 5.41) is 0. The maximum atomic E-state index is 12.5. The lowest BCUT2D eigenvalue weighted by Gasteiger charge is -2.29. The van der Waals surface area contributed by atoms with Crippen molar-refractivity contribution in [3.63, 3.8) is 0 Å². The molecule has 0 saturated carbocycles. The molecule has 0 bridgehead atoms. The van der Waals surface area contributed by atoms with E-state index in [2.05, 4.69) is 149 Å². The summed E-state index contributed by atoms with van der Waals surface area (Å²) < 4.78 is 24.4. The molecule has 1 aliphatic rings. The van der Waals surface area contributed by atoms with Crippen LogP contribution in [0.15, 0.2) is 97.2 Å². The molecular formula is C85H154N2O6. The fraction of sp³-hybridized carbons (Fsp3) is 0.788. The zero-order chi connectivity index (χ0) is 67.7. The Balaban J connectivity index is 0.00000182. The maximum absolute atomic E-state index is 12.5. The van der Waals surface area contributed by atoms with Crippen LogP contribution in [0, 0.1) is 0 Å². The van der Waals surface area contributed by atoms with Crippen LogP contribution in [0.2, 0.25) is 0 Å². The minimum atomic E-state index is -0.378. The van der Waals surface area contributed by atoms with Gasteiger partial charge in [-0.15, -0.1) is 0 Å². The van der Waals surface area contributed by atoms with Gasteiger partial charge in [0.25, 0.3) is 0 Å². The second-order valence-electron chi connectivity index (χ2n) is 27.6. The molecule has 1 heterocycles. The summed E-state index contributed by atoms with van der Waals surface area (Å²) in [5.41, 5.74) is 0. The second kappa shape index (κ2) is 73.0. The van der Waals surface area contributed by atoms with Crippen molar-refractivity contribution in [1.29, 1.82) is 0 Å². The third-order valence-corrected chi connectivity index (χ3v) is 17.6. The highest BCUT2D eigenvalue weighted by Gasteiger charge is 2.40. The number of nitrogens with zero attached hydrogens (tertiary/aromatic N) is 2. The van der Waals surface area contributed by atoms with Crippen molar-refractivity contribution in [3.05, 3.63) is 97.2 Å². The van der Waals surface area contributed by atoms with E-state index in [0.29, 0.717) is 19.3 Å². The molecule has 1 fully saturated rings. The Morgan fingerprint density at radius 2 is 0.688 bits per heavy atom. The largest absolute Gasteiger partial charge is 0.462 e. The van der Waals surface area contributed by atoms with Crippen molar-refractivity contribution in [1.82, 2.24) is 9.80 Å². The van der Waals surface area contributed by atoms with E-state index >= 15 is 0 Å². The van der Waals surface area contributed by atoms with Gasteiger partial charge in [-0.1, -0.05) is 266 Å². The highest BCUT2D eigenvalue weighted by Crippen LogP contribution is 2.36. The van der Waals surface area contributed by atoms with Crippen LogP contribution in [0.25, 0.3) is 0 Å². The summed E-state index contributed by atoms with van der Waals surface area (Å²) in [6.45, 7) is 11.8. The zero-order valence-corrected chi connectivity index (χ0v) is 62.8. The first-order valence-corrected chi connectivity index (χ1v) is 39.8. The Kier molecular flexibility index (Phi) is 70.4. The number of carbonyl (C=O) groups is 2. The molecule has 1 saturated heterocycles. The first kappa shape index (κ1) is 89.7. The fourth-order valence-electron chi connectivity index (χ4n) is 11.6. The highest BCUT2D eigenvalue weighted by molar-refractivity contribution is 5.70. The molecule has 8 nitrogen and oxygen atoms in total. The average molecular weight is 1300 g/mol. The number of esters is 2. The molecule has 2 atom stereocenters. The smallest absolute Gasteiger partial charge is 0.306 e. The molecule has 0 aromatic heterocycles. The van der Waals surface area contributed by atoms with Crippen LogP contribution in [0.3, 0.4) is 0 Å². The zero-order valence-electron chi connectivity index (χ0n) is 62.8. The van der Waals surface area contributed by atoms with Gasteiger partial charge in [0.1, 0.15) is 12.7 Å². The molecular weight excluding hydrogens is 1140 g/mol. The van der Waals surface area contributed by atoms with Crippen molar-refractivity contribution in [2.45, 2.75) is 380 Å². The van der Waals surface area contributed by atoms with Crippen LogP contribution in [0.4, 0.5) is 0 Å². The molecule has 0 aromatic carbocycles. The van der Waals surface area contributed by atoms with E-state index in [4.69, 9.17) is 18.9 Å². The second-order valence-corrected chi connectivity index (χ2v) is 27.6. The Morgan fingerprint density at radius 1 is 0.387 bits per heavy atom. The van der Waals surface area contributed by atoms with Crippen molar-refractivity contribution in [2.24, 2.45) is 0 Å². The molecule has 0 radical (unpaired) electrons. The fourth-order valence-corrected chi connectivity index (χ4v) is 11.6. The van der Waals surface area contributed by atoms with Crippen LogP contribution in [0.5, 0.6) is 0 Å². The van der Waals surface area contributed by atoms with Gasteiger partial charge in [-0.05, 0) is 189 Å². The summed E-state index contributed by atoms with van der Waals surface area (Å²) in [4.78, 5) is 29.2. The molecule has 93 heavy (non-hydrogen) atoms.